The molecule has 0 saturated heterocycles. The first kappa shape index (κ1) is 19.1. The van der Waals surface area contributed by atoms with E-state index in [9.17, 15) is 4.79 Å². The quantitative estimate of drug-likeness (QED) is 0.325. The first-order valence-electron chi connectivity index (χ1n) is 8.70. The summed E-state index contributed by atoms with van der Waals surface area (Å²) in [6.07, 6.45) is 0. The average Bonchev–Trinajstić information content (AvgIpc) is 3.11. The molecule has 4 rings (SSSR count). The van der Waals surface area contributed by atoms with Crippen molar-refractivity contribution in [2.45, 2.75) is 13.5 Å². The molecule has 0 fully saturated rings. The third kappa shape index (κ3) is 3.83. The molecule has 0 saturated carbocycles. The van der Waals surface area contributed by atoms with Crippen molar-refractivity contribution in [1.82, 2.24) is 4.98 Å². The Labute approximate surface area is 180 Å². The molecule has 6 heteroatoms. The van der Waals surface area contributed by atoms with Gasteiger partial charge in [-0.05, 0) is 58.2 Å². The number of anilines is 1. The Morgan fingerprint density at radius 2 is 1.82 bits per heavy atom. The highest BCUT2D eigenvalue weighted by atomic mass is 79.9. The number of benzene rings is 3. The van der Waals surface area contributed by atoms with Crippen molar-refractivity contribution in [2.24, 2.45) is 0 Å². The average molecular weight is 472 g/mol. The van der Waals surface area contributed by atoms with Gasteiger partial charge in [0.2, 0.25) is 0 Å². The van der Waals surface area contributed by atoms with E-state index in [0.717, 1.165) is 25.8 Å². The van der Waals surface area contributed by atoms with Crippen molar-refractivity contribution >= 4 is 60.1 Å². The Balaban J connectivity index is 1.82. The molecule has 0 radical (unpaired) electrons. The number of aryl methyl sites for hydroxylation is 1. The van der Waals surface area contributed by atoms with Crippen LogP contribution in [-0.2, 0) is 6.54 Å². The third-order valence-electron chi connectivity index (χ3n) is 4.40. The highest BCUT2D eigenvalue weighted by Gasteiger charge is 2.23. The van der Waals surface area contributed by atoms with Gasteiger partial charge in [0, 0.05) is 9.50 Å². The number of fused-ring (bicyclic) bond motifs is 1. The summed E-state index contributed by atoms with van der Waals surface area (Å²) in [5.74, 6) is -0.0980. The first-order chi connectivity index (χ1) is 13.5. The van der Waals surface area contributed by atoms with Crippen molar-refractivity contribution in [3.05, 3.63) is 92.9 Å². The molecule has 140 valence electrons. The topological polar surface area (TPSA) is 33.2 Å². The summed E-state index contributed by atoms with van der Waals surface area (Å²) in [4.78, 5) is 19.9. The van der Waals surface area contributed by atoms with Gasteiger partial charge in [0.1, 0.15) is 0 Å². The number of carbonyl (C=O) groups excluding carboxylic acids is 1. The molecule has 0 spiro atoms. The standard InChI is InChI=1S/C22H16BrClN2OS/c1-14-11-16(24)12-19-20(14)25-22(28-19)26(13-15-7-3-2-4-8-15)21(27)17-9-5-6-10-18(17)23/h2-12H,13H2,1H3. The van der Waals surface area contributed by atoms with Crippen molar-refractivity contribution in [1.29, 1.82) is 0 Å². The van der Waals surface area contributed by atoms with E-state index in [1.165, 1.54) is 11.3 Å². The van der Waals surface area contributed by atoms with Crippen LogP contribution in [0.4, 0.5) is 5.13 Å². The van der Waals surface area contributed by atoms with E-state index >= 15 is 0 Å². The van der Waals surface area contributed by atoms with Gasteiger partial charge in [-0.3, -0.25) is 9.69 Å². The van der Waals surface area contributed by atoms with Crippen LogP contribution in [0.1, 0.15) is 21.5 Å². The SMILES string of the molecule is Cc1cc(Cl)cc2sc(N(Cc3ccccc3)C(=O)c3ccccc3Br)nc12. The van der Waals surface area contributed by atoms with Gasteiger partial charge in [-0.2, -0.15) is 0 Å². The lowest BCUT2D eigenvalue weighted by Gasteiger charge is -2.20. The second-order valence-corrected chi connectivity index (χ2v) is 8.72. The first-order valence-corrected chi connectivity index (χ1v) is 10.7. The van der Waals surface area contributed by atoms with Crippen LogP contribution in [0.5, 0.6) is 0 Å². The van der Waals surface area contributed by atoms with Crippen LogP contribution in [0.3, 0.4) is 0 Å². The number of halogens is 2. The summed E-state index contributed by atoms with van der Waals surface area (Å²) in [7, 11) is 0. The fraction of sp³-hybridized carbons (Fsp3) is 0.0909. The van der Waals surface area contributed by atoms with E-state index in [0.29, 0.717) is 22.3 Å². The van der Waals surface area contributed by atoms with E-state index in [-0.39, 0.29) is 5.91 Å². The Morgan fingerprint density at radius 1 is 1.11 bits per heavy atom. The van der Waals surface area contributed by atoms with Gasteiger partial charge in [0.25, 0.3) is 5.91 Å². The minimum absolute atomic E-state index is 0.0980. The number of nitrogens with zero attached hydrogens (tertiary/aromatic N) is 2. The van der Waals surface area contributed by atoms with Crippen LogP contribution in [0.25, 0.3) is 10.2 Å². The Kier molecular flexibility index (Phi) is 5.49. The van der Waals surface area contributed by atoms with Gasteiger partial charge < -0.3 is 0 Å². The molecule has 1 aromatic heterocycles. The maximum atomic E-state index is 13.4. The Hall–Kier alpha value is -2.21. The highest BCUT2D eigenvalue weighted by Crippen LogP contribution is 2.34. The molecule has 0 N–H and O–H groups in total. The lowest BCUT2D eigenvalue weighted by atomic mass is 10.1. The maximum absolute atomic E-state index is 13.4. The van der Waals surface area contributed by atoms with E-state index in [1.54, 1.807) is 4.90 Å². The van der Waals surface area contributed by atoms with E-state index in [4.69, 9.17) is 16.6 Å². The lowest BCUT2D eigenvalue weighted by Crippen LogP contribution is -2.30. The minimum atomic E-state index is -0.0980. The molecule has 0 aliphatic rings. The van der Waals surface area contributed by atoms with Crippen molar-refractivity contribution in [3.63, 3.8) is 0 Å². The highest BCUT2D eigenvalue weighted by molar-refractivity contribution is 9.10. The van der Waals surface area contributed by atoms with Crippen LogP contribution < -0.4 is 4.90 Å². The van der Waals surface area contributed by atoms with Gasteiger partial charge in [0.05, 0.1) is 22.3 Å². The number of rotatable bonds is 4. The van der Waals surface area contributed by atoms with Crippen molar-refractivity contribution < 1.29 is 4.79 Å². The Morgan fingerprint density at radius 3 is 2.57 bits per heavy atom. The van der Waals surface area contributed by atoms with E-state index in [2.05, 4.69) is 15.9 Å². The maximum Gasteiger partial charge on any atom is 0.261 e. The fourth-order valence-electron chi connectivity index (χ4n) is 3.03. The number of carbonyl (C=O) groups is 1. The van der Waals surface area contributed by atoms with Gasteiger partial charge in [0.15, 0.2) is 5.13 Å². The second kappa shape index (κ2) is 8.03. The summed E-state index contributed by atoms with van der Waals surface area (Å²) >= 11 is 11.2. The molecule has 1 amide bonds. The number of hydrogen-bond donors (Lipinski definition) is 0. The predicted octanol–water partition coefficient (Wildman–Crippen LogP) is 6.87. The van der Waals surface area contributed by atoms with Crippen LogP contribution in [0.2, 0.25) is 5.02 Å². The molecular weight excluding hydrogens is 456 g/mol. The molecular formula is C22H16BrClN2OS. The van der Waals surface area contributed by atoms with Crippen molar-refractivity contribution in [3.8, 4) is 0 Å². The molecule has 1 heterocycles. The summed E-state index contributed by atoms with van der Waals surface area (Å²) in [6, 6.07) is 21.2. The van der Waals surface area contributed by atoms with E-state index in [1.807, 2.05) is 73.7 Å². The zero-order valence-electron chi connectivity index (χ0n) is 15.0. The minimum Gasteiger partial charge on any atom is -0.279 e. The molecule has 0 bridgehead atoms. The zero-order chi connectivity index (χ0) is 19.7. The van der Waals surface area contributed by atoms with Crippen LogP contribution >= 0.6 is 38.9 Å². The molecule has 4 aromatic rings. The lowest BCUT2D eigenvalue weighted by molar-refractivity contribution is 0.0984. The molecule has 28 heavy (non-hydrogen) atoms. The monoisotopic (exact) mass is 470 g/mol. The Bertz CT molecular complexity index is 1160. The molecule has 3 aromatic carbocycles. The molecule has 0 unspecified atom stereocenters. The smallest absolute Gasteiger partial charge is 0.261 e. The van der Waals surface area contributed by atoms with Gasteiger partial charge in [-0.25, -0.2) is 4.98 Å². The van der Waals surface area contributed by atoms with Crippen LogP contribution in [0.15, 0.2) is 71.2 Å². The van der Waals surface area contributed by atoms with Crippen LogP contribution in [-0.4, -0.2) is 10.9 Å². The molecule has 0 aliphatic carbocycles. The molecule has 0 aliphatic heterocycles. The summed E-state index contributed by atoms with van der Waals surface area (Å²) in [6.45, 7) is 2.42. The third-order valence-corrected chi connectivity index (χ3v) is 6.34. The summed E-state index contributed by atoms with van der Waals surface area (Å²) in [5.41, 5.74) is 3.52. The predicted molar refractivity (Wildman–Crippen MR) is 120 cm³/mol. The number of aromatic nitrogens is 1. The zero-order valence-corrected chi connectivity index (χ0v) is 18.2. The molecule has 3 nitrogen and oxygen atoms in total. The van der Waals surface area contributed by atoms with Crippen molar-refractivity contribution in [2.75, 3.05) is 4.90 Å². The second-order valence-electron chi connectivity index (χ2n) is 6.42. The van der Waals surface area contributed by atoms with Gasteiger partial charge >= 0.3 is 0 Å². The number of amides is 1. The van der Waals surface area contributed by atoms with Gasteiger partial charge in [-0.15, -0.1) is 0 Å². The van der Waals surface area contributed by atoms with Crippen LogP contribution in [0, 0.1) is 6.92 Å². The number of thiazole rings is 1. The number of hydrogen-bond acceptors (Lipinski definition) is 3. The molecule has 0 atom stereocenters. The normalized spacial score (nSPS) is 11.0. The summed E-state index contributed by atoms with van der Waals surface area (Å²) < 4.78 is 1.73. The fourth-order valence-corrected chi connectivity index (χ4v) is 4.90. The largest absolute Gasteiger partial charge is 0.279 e. The van der Waals surface area contributed by atoms with Gasteiger partial charge in [-0.1, -0.05) is 65.4 Å². The summed E-state index contributed by atoms with van der Waals surface area (Å²) in [5, 5.41) is 1.33. The van der Waals surface area contributed by atoms with E-state index < -0.39 is 0 Å².